The standard InChI is InChI=1S/C13H9BrClNO4S/c14-9-4-5-12(11(15)7-9)16-21(19,20)10-3-1-2-8(6-10)13(17)18/h1-7,16H,(H,17,18)/p-1. The van der Waals surface area contributed by atoms with E-state index >= 15 is 0 Å². The molecule has 0 aliphatic heterocycles. The van der Waals surface area contributed by atoms with Gasteiger partial charge in [0.25, 0.3) is 10.0 Å². The van der Waals surface area contributed by atoms with Gasteiger partial charge in [0.15, 0.2) is 0 Å². The molecule has 0 aromatic heterocycles. The number of carboxylic acid groups (broad SMARTS) is 1. The Labute approximate surface area is 134 Å². The molecular weight excluding hydrogens is 382 g/mol. The minimum absolute atomic E-state index is 0.191. The van der Waals surface area contributed by atoms with Gasteiger partial charge < -0.3 is 9.90 Å². The number of aromatic carboxylic acids is 1. The summed E-state index contributed by atoms with van der Waals surface area (Å²) < 4.78 is 27.4. The minimum atomic E-state index is -3.95. The SMILES string of the molecule is O=C([O-])c1cccc(S(=O)(=O)Nc2ccc(Br)cc2Cl)c1. The Morgan fingerprint density at radius 3 is 2.52 bits per heavy atom. The fraction of sp³-hybridized carbons (Fsp3) is 0. The van der Waals surface area contributed by atoms with Crippen molar-refractivity contribution in [3.05, 3.63) is 57.5 Å². The monoisotopic (exact) mass is 388 g/mol. The van der Waals surface area contributed by atoms with Crippen LogP contribution in [0.2, 0.25) is 5.02 Å². The number of hydrogen-bond donors (Lipinski definition) is 1. The van der Waals surface area contributed by atoms with Crippen LogP contribution in [0.1, 0.15) is 10.4 Å². The highest BCUT2D eigenvalue weighted by molar-refractivity contribution is 9.10. The summed E-state index contributed by atoms with van der Waals surface area (Å²) in [5.74, 6) is -1.45. The molecule has 2 aromatic rings. The molecule has 0 saturated heterocycles. The quantitative estimate of drug-likeness (QED) is 0.869. The molecule has 110 valence electrons. The Balaban J connectivity index is 2.38. The van der Waals surface area contributed by atoms with Gasteiger partial charge in [0.2, 0.25) is 0 Å². The van der Waals surface area contributed by atoms with Crippen molar-refractivity contribution >= 4 is 49.2 Å². The number of carboxylic acids is 1. The van der Waals surface area contributed by atoms with Crippen LogP contribution in [0, 0.1) is 0 Å². The van der Waals surface area contributed by atoms with Gasteiger partial charge in [0, 0.05) is 4.47 Å². The summed E-state index contributed by atoms with van der Waals surface area (Å²) in [6, 6.07) is 9.53. The maximum absolute atomic E-state index is 12.2. The van der Waals surface area contributed by atoms with Crippen molar-refractivity contribution in [1.29, 1.82) is 0 Å². The summed E-state index contributed by atoms with van der Waals surface area (Å²) in [6.45, 7) is 0. The molecule has 0 aliphatic carbocycles. The Morgan fingerprint density at radius 1 is 1.19 bits per heavy atom. The minimum Gasteiger partial charge on any atom is -0.545 e. The molecule has 1 N–H and O–H groups in total. The van der Waals surface area contributed by atoms with E-state index in [0.717, 1.165) is 6.07 Å². The normalized spacial score (nSPS) is 11.1. The van der Waals surface area contributed by atoms with Crippen LogP contribution < -0.4 is 9.83 Å². The number of hydrogen-bond acceptors (Lipinski definition) is 4. The van der Waals surface area contributed by atoms with Crippen LogP contribution in [0.5, 0.6) is 0 Å². The average molecular weight is 390 g/mol. The van der Waals surface area contributed by atoms with E-state index < -0.39 is 16.0 Å². The maximum atomic E-state index is 12.2. The molecule has 5 nitrogen and oxygen atoms in total. The zero-order valence-corrected chi connectivity index (χ0v) is 13.5. The Hall–Kier alpha value is -1.57. The van der Waals surface area contributed by atoms with Gasteiger partial charge in [-0.3, -0.25) is 4.72 Å². The van der Waals surface area contributed by atoms with Crippen LogP contribution in [0.25, 0.3) is 0 Å². The molecule has 0 amide bonds. The summed E-state index contributed by atoms with van der Waals surface area (Å²) in [7, 11) is -3.95. The molecule has 0 saturated carbocycles. The highest BCUT2D eigenvalue weighted by Crippen LogP contribution is 2.27. The van der Waals surface area contributed by atoms with Gasteiger partial charge in [0.1, 0.15) is 0 Å². The molecule has 2 rings (SSSR count). The first-order valence-electron chi connectivity index (χ1n) is 5.59. The van der Waals surface area contributed by atoms with Crippen molar-refractivity contribution in [2.75, 3.05) is 4.72 Å². The van der Waals surface area contributed by atoms with Gasteiger partial charge in [-0.25, -0.2) is 8.42 Å². The Morgan fingerprint density at radius 2 is 1.90 bits per heavy atom. The number of carbonyl (C=O) groups excluding carboxylic acids is 1. The number of nitrogens with one attached hydrogen (secondary N) is 1. The summed E-state index contributed by atoms with van der Waals surface area (Å²) in [4.78, 5) is 10.6. The van der Waals surface area contributed by atoms with Gasteiger partial charge in [-0.2, -0.15) is 0 Å². The molecule has 0 aliphatic rings. The lowest BCUT2D eigenvalue weighted by molar-refractivity contribution is -0.255. The largest absolute Gasteiger partial charge is 0.545 e. The predicted molar refractivity (Wildman–Crippen MR) is 80.7 cm³/mol. The van der Waals surface area contributed by atoms with Crippen molar-refractivity contribution in [3.8, 4) is 0 Å². The molecule has 0 radical (unpaired) electrons. The molecule has 2 aromatic carbocycles. The van der Waals surface area contributed by atoms with Gasteiger partial charge in [0.05, 0.1) is 21.6 Å². The molecule has 21 heavy (non-hydrogen) atoms. The predicted octanol–water partition coefficient (Wildman–Crippen LogP) is 2.27. The fourth-order valence-corrected chi connectivity index (χ4v) is 3.47. The fourth-order valence-electron chi connectivity index (χ4n) is 1.57. The van der Waals surface area contributed by atoms with Crippen molar-refractivity contribution in [1.82, 2.24) is 0 Å². The van der Waals surface area contributed by atoms with Crippen LogP contribution in [0.15, 0.2) is 51.8 Å². The maximum Gasteiger partial charge on any atom is 0.261 e. The number of rotatable bonds is 4. The molecule has 0 spiro atoms. The van der Waals surface area contributed by atoms with E-state index in [1.165, 1.54) is 30.3 Å². The van der Waals surface area contributed by atoms with E-state index in [1.54, 1.807) is 6.07 Å². The first kappa shape index (κ1) is 15.8. The van der Waals surface area contributed by atoms with Crippen LogP contribution in [-0.2, 0) is 10.0 Å². The lowest BCUT2D eigenvalue weighted by Crippen LogP contribution is -2.23. The molecule has 0 unspecified atom stereocenters. The van der Waals surface area contributed by atoms with E-state index in [4.69, 9.17) is 11.6 Å². The molecule has 8 heteroatoms. The number of anilines is 1. The highest BCUT2D eigenvalue weighted by Gasteiger charge is 2.16. The Kier molecular flexibility index (Phi) is 4.55. The third-order valence-corrected chi connectivity index (χ3v) is 4.72. The number of benzene rings is 2. The van der Waals surface area contributed by atoms with Gasteiger partial charge in [-0.1, -0.05) is 39.7 Å². The first-order chi connectivity index (χ1) is 9.79. The number of carbonyl (C=O) groups is 1. The van der Waals surface area contributed by atoms with Crippen LogP contribution in [-0.4, -0.2) is 14.4 Å². The Bertz CT molecular complexity index is 808. The van der Waals surface area contributed by atoms with E-state index in [9.17, 15) is 18.3 Å². The molecule has 0 heterocycles. The van der Waals surface area contributed by atoms with Crippen LogP contribution in [0.3, 0.4) is 0 Å². The average Bonchev–Trinajstić information content (AvgIpc) is 2.42. The van der Waals surface area contributed by atoms with Crippen molar-refractivity contribution in [2.45, 2.75) is 4.90 Å². The van der Waals surface area contributed by atoms with Crippen LogP contribution in [0.4, 0.5) is 5.69 Å². The zero-order chi connectivity index (χ0) is 15.6. The first-order valence-corrected chi connectivity index (χ1v) is 8.24. The second kappa shape index (κ2) is 6.05. The van der Waals surface area contributed by atoms with Crippen molar-refractivity contribution in [2.24, 2.45) is 0 Å². The number of halogens is 2. The summed E-state index contributed by atoms with van der Waals surface area (Å²) in [5.41, 5.74) is -0.0292. The van der Waals surface area contributed by atoms with E-state index in [0.29, 0.717) is 4.47 Å². The van der Waals surface area contributed by atoms with E-state index in [1.807, 2.05) is 0 Å². The van der Waals surface area contributed by atoms with Crippen LogP contribution >= 0.6 is 27.5 Å². The third kappa shape index (κ3) is 3.75. The summed E-state index contributed by atoms with van der Waals surface area (Å²) >= 11 is 9.16. The smallest absolute Gasteiger partial charge is 0.261 e. The van der Waals surface area contributed by atoms with Crippen molar-refractivity contribution in [3.63, 3.8) is 0 Å². The molecule has 0 atom stereocenters. The second-order valence-electron chi connectivity index (χ2n) is 4.04. The zero-order valence-electron chi connectivity index (χ0n) is 10.3. The van der Waals surface area contributed by atoms with Crippen molar-refractivity contribution < 1.29 is 18.3 Å². The summed E-state index contributed by atoms with van der Waals surface area (Å²) in [5, 5.41) is 11.0. The van der Waals surface area contributed by atoms with Gasteiger partial charge in [-0.05, 0) is 35.9 Å². The summed E-state index contributed by atoms with van der Waals surface area (Å²) in [6.07, 6.45) is 0. The lowest BCUT2D eigenvalue weighted by Gasteiger charge is -2.11. The highest BCUT2D eigenvalue weighted by atomic mass is 79.9. The van der Waals surface area contributed by atoms with Gasteiger partial charge in [-0.15, -0.1) is 0 Å². The molecular formula is C13H8BrClNO4S-. The van der Waals surface area contributed by atoms with E-state index in [2.05, 4.69) is 20.7 Å². The lowest BCUT2D eigenvalue weighted by atomic mass is 10.2. The van der Waals surface area contributed by atoms with Gasteiger partial charge >= 0.3 is 0 Å². The van der Waals surface area contributed by atoms with E-state index in [-0.39, 0.29) is 21.2 Å². The molecule has 0 fully saturated rings. The second-order valence-corrected chi connectivity index (χ2v) is 7.05. The topological polar surface area (TPSA) is 86.3 Å². The molecule has 0 bridgehead atoms. The number of sulfonamides is 1. The third-order valence-electron chi connectivity index (χ3n) is 2.56.